The molecular formula is C18H24Cl2N4O. The van der Waals surface area contributed by atoms with E-state index >= 15 is 0 Å². The van der Waals surface area contributed by atoms with Gasteiger partial charge in [-0.1, -0.05) is 18.2 Å². The van der Waals surface area contributed by atoms with Crippen LogP contribution in [0.2, 0.25) is 0 Å². The van der Waals surface area contributed by atoms with Crippen LogP contribution in [0.25, 0.3) is 0 Å². The van der Waals surface area contributed by atoms with Gasteiger partial charge in [0.25, 0.3) is 5.91 Å². The first kappa shape index (κ1) is 21.2. The summed E-state index contributed by atoms with van der Waals surface area (Å²) in [7, 11) is 0. The van der Waals surface area contributed by atoms with Crippen molar-refractivity contribution in [2.24, 2.45) is 5.92 Å². The Morgan fingerprint density at radius 1 is 1.24 bits per heavy atom. The molecule has 25 heavy (non-hydrogen) atoms. The Bertz CT molecular complexity index is 673. The van der Waals surface area contributed by atoms with Crippen LogP contribution in [0, 0.1) is 5.92 Å². The van der Waals surface area contributed by atoms with Crippen LogP contribution in [-0.4, -0.2) is 24.0 Å². The number of carbonyl (C=O) groups is 1. The van der Waals surface area contributed by atoms with Gasteiger partial charge in [0, 0.05) is 23.9 Å². The van der Waals surface area contributed by atoms with E-state index in [0.29, 0.717) is 23.8 Å². The van der Waals surface area contributed by atoms with Crippen LogP contribution < -0.4 is 16.4 Å². The van der Waals surface area contributed by atoms with E-state index in [-0.39, 0.29) is 30.7 Å². The molecule has 1 fully saturated rings. The Morgan fingerprint density at radius 2 is 2.00 bits per heavy atom. The second-order valence-corrected chi connectivity index (χ2v) is 5.99. The fourth-order valence-electron chi connectivity index (χ4n) is 2.89. The van der Waals surface area contributed by atoms with Gasteiger partial charge in [0.1, 0.15) is 5.82 Å². The van der Waals surface area contributed by atoms with Gasteiger partial charge in [-0.3, -0.25) is 4.79 Å². The topological polar surface area (TPSA) is 80.0 Å². The second-order valence-electron chi connectivity index (χ2n) is 5.99. The van der Waals surface area contributed by atoms with Gasteiger partial charge >= 0.3 is 0 Å². The Balaban J connectivity index is 0.00000156. The van der Waals surface area contributed by atoms with Crippen molar-refractivity contribution in [3.63, 3.8) is 0 Å². The first-order valence-corrected chi connectivity index (χ1v) is 7.99. The number of halogens is 2. The number of pyridine rings is 1. The fourth-order valence-corrected chi connectivity index (χ4v) is 2.89. The van der Waals surface area contributed by atoms with Crippen molar-refractivity contribution in [3.8, 4) is 0 Å². The highest BCUT2D eigenvalue weighted by Crippen LogP contribution is 2.16. The molecule has 1 aromatic carbocycles. The summed E-state index contributed by atoms with van der Waals surface area (Å²) in [6.45, 7) is 2.59. The lowest BCUT2D eigenvalue weighted by Crippen LogP contribution is -2.23. The first-order valence-electron chi connectivity index (χ1n) is 7.99. The first-order chi connectivity index (χ1) is 11.2. The molecule has 0 bridgehead atoms. The zero-order valence-corrected chi connectivity index (χ0v) is 15.5. The van der Waals surface area contributed by atoms with Crippen LogP contribution in [0.1, 0.15) is 27.9 Å². The van der Waals surface area contributed by atoms with Crippen molar-refractivity contribution in [1.82, 2.24) is 15.6 Å². The van der Waals surface area contributed by atoms with Crippen molar-refractivity contribution in [2.45, 2.75) is 19.4 Å². The van der Waals surface area contributed by atoms with E-state index in [1.807, 2.05) is 36.4 Å². The van der Waals surface area contributed by atoms with Crippen LogP contribution in [0.15, 0.2) is 42.6 Å². The highest BCUT2D eigenvalue weighted by atomic mass is 35.5. The summed E-state index contributed by atoms with van der Waals surface area (Å²) < 4.78 is 0. The van der Waals surface area contributed by atoms with Crippen molar-refractivity contribution >= 4 is 36.5 Å². The standard InChI is InChI=1S/C18H22N4O.2ClH/c19-17-16(2-1-8-21-17)12-22-18(23)15-5-3-13(4-6-15)10-14-7-9-20-11-14;;/h1-6,8,14,20H,7,9-12H2,(H2,19,21)(H,22,23);2*1H. The molecule has 5 nitrogen and oxygen atoms in total. The van der Waals surface area contributed by atoms with E-state index in [0.717, 1.165) is 25.1 Å². The number of benzene rings is 1. The van der Waals surface area contributed by atoms with Gasteiger partial charge < -0.3 is 16.4 Å². The van der Waals surface area contributed by atoms with Crippen LogP contribution in [0.5, 0.6) is 0 Å². The largest absolute Gasteiger partial charge is 0.383 e. The predicted molar refractivity (Wildman–Crippen MR) is 105 cm³/mol. The molecule has 7 heteroatoms. The third-order valence-electron chi connectivity index (χ3n) is 4.27. The number of nitrogens with one attached hydrogen (secondary N) is 2. The average molecular weight is 383 g/mol. The molecule has 1 aliphatic rings. The molecule has 2 aromatic rings. The monoisotopic (exact) mass is 382 g/mol. The van der Waals surface area contributed by atoms with E-state index < -0.39 is 0 Å². The third kappa shape index (κ3) is 5.88. The van der Waals surface area contributed by atoms with Crippen molar-refractivity contribution in [1.29, 1.82) is 0 Å². The summed E-state index contributed by atoms with van der Waals surface area (Å²) in [6, 6.07) is 11.5. The lowest BCUT2D eigenvalue weighted by molar-refractivity contribution is 0.0951. The predicted octanol–water partition coefficient (Wildman–Crippen LogP) is 2.59. The van der Waals surface area contributed by atoms with Crippen LogP contribution in [0.4, 0.5) is 5.82 Å². The van der Waals surface area contributed by atoms with Gasteiger partial charge in [-0.05, 0) is 55.6 Å². The Kier molecular flexibility index (Phi) is 8.69. The van der Waals surface area contributed by atoms with Crippen molar-refractivity contribution in [2.75, 3.05) is 18.8 Å². The second kappa shape index (κ2) is 10.2. The fraction of sp³-hybridized carbons (Fsp3) is 0.333. The smallest absolute Gasteiger partial charge is 0.251 e. The van der Waals surface area contributed by atoms with Gasteiger partial charge in [0.05, 0.1) is 0 Å². The molecule has 3 rings (SSSR count). The lowest BCUT2D eigenvalue weighted by Gasteiger charge is -2.10. The molecule has 2 heterocycles. The summed E-state index contributed by atoms with van der Waals surface area (Å²) >= 11 is 0. The van der Waals surface area contributed by atoms with Crippen LogP contribution in [-0.2, 0) is 13.0 Å². The van der Waals surface area contributed by atoms with E-state index in [4.69, 9.17) is 5.73 Å². The summed E-state index contributed by atoms with van der Waals surface area (Å²) in [5, 5.41) is 6.26. The zero-order valence-electron chi connectivity index (χ0n) is 13.9. The molecule has 1 unspecified atom stereocenters. The highest BCUT2D eigenvalue weighted by Gasteiger charge is 2.15. The highest BCUT2D eigenvalue weighted by molar-refractivity contribution is 5.94. The van der Waals surface area contributed by atoms with Gasteiger partial charge in [-0.2, -0.15) is 0 Å². The molecule has 0 spiro atoms. The number of rotatable bonds is 5. The number of amides is 1. The number of hydrogen-bond acceptors (Lipinski definition) is 4. The number of hydrogen-bond donors (Lipinski definition) is 3. The Labute approximate surface area is 160 Å². The molecule has 1 atom stereocenters. The third-order valence-corrected chi connectivity index (χ3v) is 4.27. The van der Waals surface area contributed by atoms with Gasteiger partial charge in [-0.25, -0.2) is 4.98 Å². The molecule has 0 radical (unpaired) electrons. The minimum atomic E-state index is -0.0951. The van der Waals surface area contributed by atoms with Crippen LogP contribution >= 0.6 is 24.8 Å². The minimum absolute atomic E-state index is 0. The molecule has 0 aliphatic carbocycles. The zero-order chi connectivity index (χ0) is 16.1. The molecular weight excluding hydrogens is 359 g/mol. The summed E-state index contributed by atoms with van der Waals surface area (Å²) in [6.07, 6.45) is 3.94. The average Bonchev–Trinajstić information content (AvgIpc) is 3.07. The van der Waals surface area contributed by atoms with Gasteiger partial charge in [0.15, 0.2) is 0 Å². The van der Waals surface area contributed by atoms with Crippen molar-refractivity contribution in [3.05, 3.63) is 59.3 Å². The van der Waals surface area contributed by atoms with E-state index in [1.165, 1.54) is 12.0 Å². The summed E-state index contributed by atoms with van der Waals surface area (Å²) in [5.41, 5.74) is 8.55. The molecule has 1 aromatic heterocycles. The maximum Gasteiger partial charge on any atom is 0.251 e. The summed E-state index contributed by atoms with van der Waals surface area (Å²) in [5.74, 6) is 1.07. The Morgan fingerprint density at radius 3 is 2.64 bits per heavy atom. The molecule has 1 aliphatic heterocycles. The maximum atomic E-state index is 12.2. The number of aromatic nitrogens is 1. The molecule has 0 saturated carbocycles. The molecule has 1 saturated heterocycles. The lowest BCUT2D eigenvalue weighted by atomic mass is 9.98. The Hall–Kier alpha value is -1.82. The molecule has 1 amide bonds. The van der Waals surface area contributed by atoms with Gasteiger partial charge in [-0.15, -0.1) is 24.8 Å². The van der Waals surface area contributed by atoms with Crippen LogP contribution in [0.3, 0.4) is 0 Å². The normalized spacial score (nSPS) is 15.8. The minimum Gasteiger partial charge on any atom is -0.383 e. The number of carbonyl (C=O) groups excluding carboxylic acids is 1. The maximum absolute atomic E-state index is 12.2. The number of nitrogen functional groups attached to an aromatic ring is 1. The molecule has 4 N–H and O–H groups in total. The van der Waals surface area contributed by atoms with E-state index in [2.05, 4.69) is 15.6 Å². The number of anilines is 1. The number of nitrogens with two attached hydrogens (primary N) is 1. The SMILES string of the molecule is Cl.Cl.Nc1ncccc1CNC(=O)c1ccc(CC2CCNC2)cc1. The number of nitrogens with zero attached hydrogens (tertiary/aromatic N) is 1. The summed E-state index contributed by atoms with van der Waals surface area (Å²) in [4.78, 5) is 16.2. The molecule has 136 valence electrons. The quantitative estimate of drug-likeness (QED) is 0.742. The van der Waals surface area contributed by atoms with Crippen molar-refractivity contribution < 1.29 is 4.79 Å². The van der Waals surface area contributed by atoms with Gasteiger partial charge in [0.2, 0.25) is 0 Å². The van der Waals surface area contributed by atoms with E-state index in [9.17, 15) is 4.79 Å². The van der Waals surface area contributed by atoms with E-state index in [1.54, 1.807) is 6.20 Å².